The van der Waals surface area contributed by atoms with Crippen molar-refractivity contribution in [2.45, 2.75) is 39.5 Å². The number of benzene rings is 1. The van der Waals surface area contributed by atoms with Crippen molar-refractivity contribution in [3.8, 4) is 5.75 Å². The van der Waals surface area contributed by atoms with Crippen LogP contribution in [0.5, 0.6) is 5.75 Å². The molecule has 0 saturated heterocycles. The van der Waals surface area contributed by atoms with Gasteiger partial charge in [-0.15, -0.1) is 0 Å². The highest BCUT2D eigenvalue weighted by Crippen LogP contribution is 2.13. The van der Waals surface area contributed by atoms with Crippen molar-refractivity contribution in [3.05, 3.63) is 29.8 Å². The van der Waals surface area contributed by atoms with Crippen LogP contribution in [0.2, 0.25) is 0 Å². The van der Waals surface area contributed by atoms with Crippen LogP contribution in [0, 0.1) is 5.92 Å². The number of aliphatic imine (C=N–C) groups is 1. The van der Waals surface area contributed by atoms with E-state index >= 15 is 0 Å². The molecule has 2 heteroatoms. The Morgan fingerprint density at radius 3 is 2.50 bits per heavy atom. The van der Waals surface area contributed by atoms with Crippen molar-refractivity contribution in [1.29, 1.82) is 0 Å². The summed E-state index contributed by atoms with van der Waals surface area (Å²) in [5.41, 5.74) is 1.14. The Morgan fingerprint density at radius 1 is 1.22 bits per heavy atom. The monoisotopic (exact) mass is 247 g/mol. The van der Waals surface area contributed by atoms with Crippen molar-refractivity contribution in [2.75, 3.05) is 13.7 Å². The quantitative estimate of drug-likeness (QED) is 0.626. The van der Waals surface area contributed by atoms with Gasteiger partial charge in [0.05, 0.1) is 7.11 Å². The lowest BCUT2D eigenvalue weighted by molar-refractivity contribution is 0.415. The lowest BCUT2D eigenvalue weighted by Gasteiger charge is -2.10. The molecule has 0 saturated carbocycles. The first kappa shape index (κ1) is 14.7. The Morgan fingerprint density at radius 2 is 1.94 bits per heavy atom. The zero-order chi connectivity index (χ0) is 13.2. The van der Waals surface area contributed by atoms with E-state index in [9.17, 15) is 0 Å². The summed E-state index contributed by atoms with van der Waals surface area (Å²) < 4.78 is 5.13. The second-order valence-electron chi connectivity index (χ2n) is 4.68. The fourth-order valence-corrected chi connectivity index (χ4v) is 1.91. The third-order valence-electron chi connectivity index (χ3n) is 3.26. The molecule has 0 fully saturated rings. The highest BCUT2D eigenvalue weighted by Gasteiger charge is 2.03. The summed E-state index contributed by atoms with van der Waals surface area (Å²) in [7, 11) is 1.68. The third kappa shape index (κ3) is 5.35. The second kappa shape index (κ2) is 8.73. The molecule has 0 aliphatic rings. The van der Waals surface area contributed by atoms with Crippen LogP contribution in [0.3, 0.4) is 0 Å². The average Bonchev–Trinajstić information content (AvgIpc) is 2.43. The van der Waals surface area contributed by atoms with E-state index in [4.69, 9.17) is 4.74 Å². The zero-order valence-corrected chi connectivity index (χ0v) is 11.9. The molecule has 0 N–H and O–H groups in total. The Bertz CT molecular complexity index is 343. The normalized spacial score (nSPS) is 12.8. The maximum atomic E-state index is 5.13. The molecule has 0 amide bonds. The van der Waals surface area contributed by atoms with Crippen LogP contribution in [0.25, 0.3) is 0 Å². The number of unbranched alkanes of at least 4 members (excludes halogenated alkanes) is 1. The molecule has 1 rings (SSSR count). The molecule has 1 aromatic rings. The first-order chi connectivity index (χ1) is 8.80. The van der Waals surface area contributed by atoms with Crippen molar-refractivity contribution in [2.24, 2.45) is 10.9 Å². The van der Waals surface area contributed by atoms with Gasteiger partial charge in [-0.05, 0) is 42.2 Å². The molecule has 0 unspecified atom stereocenters. The van der Waals surface area contributed by atoms with Crippen molar-refractivity contribution in [3.63, 3.8) is 0 Å². The van der Waals surface area contributed by atoms with Gasteiger partial charge in [-0.1, -0.05) is 33.1 Å². The smallest absolute Gasteiger partial charge is 0.118 e. The average molecular weight is 247 g/mol. The van der Waals surface area contributed by atoms with Gasteiger partial charge in [0.1, 0.15) is 5.75 Å². The molecule has 18 heavy (non-hydrogen) atoms. The van der Waals surface area contributed by atoms with E-state index in [1.165, 1.54) is 25.7 Å². The fourth-order valence-electron chi connectivity index (χ4n) is 1.91. The predicted molar refractivity (Wildman–Crippen MR) is 78.8 cm³/mol. The fraction of sp³-hybridized carbons (Fsp3) is 0.562. The molecular formula is C16H25NO. The predicted octanol–water partition coefficient (Wildman–Crippen LogP) is 4.33. The highest BCUT2D eigenvalue weighted by atomic mass is 16.5. The van der Waals surface area contributed by atoms with Crippen LogP contribution in [-0.4, -0.2) is 19.9 Å². The summed E-state index contributed by atoms with van der Waals surface area (Å²) in [6.45, 7) is 5.44. The molecule has 0 aliphatic heterocycles. The standard InChI is InChI=1S/C16H25NO/c1-4-6-7-14(5-2)12-17-13-15-8-10-16(18-3)11-9-15/h8-11,13-14H,4-7,12H2,1-3H3/t14-/m1/s1. The maximum absolute atomic E-state index is 5.13. The Labute approximate surface area is 111 Å². The summed E-state index contributed by atoms with van der Waals surface area (Å²) in [6, 6.07) is 8.01. The number of methoxy groups -OCH3 is 1. The van der Waals surface area contributed by atoms with Gasteiger partial charge in [0.15, 0.2) is 0 Å². The molecule has 0 aliphatic carbocycles. The third-order valence-corrected chi connectivity index (χ3v) is 3.26. The van der Waals surface area contributed by atoms with Gasteiger partial charge in [0.25, 0.3) is 0 Å². The van der Waals surface area contributed by atoms with Crippen LogP contribution < -0.4 is 4.74 Å². The molecule has 0 heterocycles. The second-order valence-corrected chi connectivity index (χ2v) is 4.68. The first-order valence-corrected chi connectivity index (χ1v) is 6.94. The zero-order valence-electron chi connectivity index (χ0n) is 11.9. The summed E-state index contributed by atoms with van der Waals surface area (Å²) in [4.78, 5) is 4.56. The van der Waals surface area contributed by atoms with Crippen LogP contribution in [0.4, 0.5) is 0 Å². The number of nitrogens with zero attached hydrogens (tertiary/aromatic N) is 1. The lowest BCUT2D eigenvalue weighted by Crippen LogP contribution is -2.03. The molecule has 100 valence electrons. The van der Waals surface area contributed by atoms with E-state index in [0.29, 0.717) is 0 Å². The van der Waals surface area contributed by atoms with Gasteiger partial charge < -0.3 is 4.74 Å². The highest BCUT2D eigenvalue weighted by molar-refractivity contribution is 5.79. The molecule has 0 aromatic heterocycles. The Kier molecular flexibility index (Phi) is 7.16. The van der Waals surface area contributed by atoms with Gasteiger partial charge in [-0.3, -0.25) is 4.99 Å². The largest absolute Gasteiger partial charge is 0.497 e. The van der Waals surface area contributed by atoms with E-state index in [1.54, 1.807) is 7.11 Å². The Balaban J connectivity index is 2.42. The van der Waals surface area contributed by atoms with Crippen LogP contribution in [0.15, 0.2) is 29.3 Å². The summed E-state index contributed by atoms with van der Waals surface area (Å²) >= 11 is 0. The maximum Gasteiger partial charge on any atom is 0.118 e. The SMILES string of the molecule is CCCC[C@@H](CC)CN=Cc1ccc(OC)cc1. The molecule has 1 aromatic carbocycles. The van der Waals surface area contributed by atoms with Gasteiger partial charge >= 0.3 is 0 Å². The number of hydrogen-bond donors (Lipinski definition) is 0. The Hall–Kier alpha value is -1.31. The minimum Gasteiger partial charge on any atom is -0.497 e. The van der Waals surface area contributed by atoms with Crippen molar-refractivity contribution in [1.82, 2.24) is 0 Å². The summed E-state index contributed by atoms with van der Waals surface area (Å²) in [5.74, 6) is 1.63. The van der Waals surface area contributed by atoms with Gasteiger partial charge in [0, 0.05) is 12.8 Å². The van der Waals surface area contributed by atoms with E-state index in [-0.39, 0.29) is 0 Å². The van der Waals surface area contributed by atoms with Gasteiger partial charge in [-0.2, -0.15) is 0 Å². The number of ether oxygens (including phenoxy) is 1. The van der Waals surface area contributed by atoms with Crippen LogP contribution >= 0.6 is 0 Å². The molecule has 0 spiro atoms. The van der Waals surface area contributed by atoms with Gasteiger partial charge in [0.2, 0.25) is 0 Å². The van der Waals surface area contributed by atoms with E-state index < -0.39 is 0 Å². The lowest BCUT2D eigenvalue weighted by atomic mass is 10.00. The molecule has 1 atom stereocenters. The van der Waals surface area contributed by atoms with E-state index in [1.807, 2.05) is 30.5 Å². The minimum atomic E-state index is 0.736. The number of hydrogen-bond acceptors (Lipinski definition) is 2. The van der Waals surface area contributed by atoms with Crippen molar-refractivity contribution >= 4 is 6.21 Å². The molecule has 2 nitrogen and oxygen atoms in total. The molecular weight excluding hydrogens is 222 g/mol. The van der Waals surface area contributed by atoms with Crippen LogP contribution in [-0.2, 0) is 0 Å². The molecule has 0 bridgehead atoms. The first-order valence-electron chi connectivity index (χ1n) is 6.94. The summed E-state index contributed by atoms with van der Waals surface area (Å²) in [5, 5.41) is 0. The van der Waals surface area contributed by atoms with Gasteiger partial charge in [-0.25, -0.2) is 0 Å². The van der Waals surface area contributed by atoms with E-state index in [2.05, 4.69) is 18.8 Å². The van der Waals surface area contributed by atoms with Crippen LogP contribution in [0.1, 0.15) is 45.1 Å². The summed E-state index contributed by atoms with van der Waals surface area (Å²) in [6.07, 6.45) is 7.08. The molecule has 0 radical (unpaired) electrons. The number of rotatable bonds is 8. The van der Waals surface area contributed by atoms with Crippen molar-refractivity contribution < 1.29 is 4.74 Å². The minimum absolute atomic E-state index is 0.736. The topological polar surface area (TPSA) is 21.6 Å². The van der Waals surface area contributed by atoms with E-state index in [0.717, 1.165) is 23.8 Å².